The quantitative estimate of drug-likeness (QED) is 0.240. The third kappa shape index (κ3) is 6.77. The highest BCUT2D eigenvalue weighted by Gasteiger charge is 2.31. The van der Waals surface area contributed by atoms with Crippen LogP contribution in [0.15, 0.2) is 80.4 Å². The molecule has 3 aromatic carbocycles. The Morgan fingerprint density at radius 3 is 2.20 bits per heavy atom. The average molecular weight is 622 g/mol. The second kappa shape index (κ2) is 12.1. The molecule has 0 unspecified atom stereocenters. The third-order valence-electron chi connectivity index (χ3n) is 6.71. The van der Waals surface area contributed by atoms with Crippen molar-refractivity contribution in [3.63, 3.8) is 0 Å². The number of carbonyl (C=O) groups is 2. The van der Waals surface area contributed by atoms with Crippen LogP contribution in [0.5, 0.6) is 0 Å². The average Bonchev–Trinajstić information content (AvgIpc) is 2.90. The van der Waals surface area contributed by atoms with Crippen molar-refractivity contribution in [3.8, 4) is 0 Å². The molecule has 1 aromatic heterocycles. The number of nitrogens with zero attached hydrogens (tertiary/aromatic N) is 3. The Morgan fingerprint density at radius 2 is 1.63 bits per heavy atom. The van der Waals surface area contributed by atoms with Crippen molar-refractivity contribution in [2.24, 2.45) is 0 Å². The monoisotopic (exact) mass is 620 g/mol. The topological polar surface area (TPSA) is 116 Å². The molecule has 214 valence electrons. The molecule has 0 bridgehead atoms. The molecule has 1 atom stereocenters. The van der Waals surface area contributed by atoms with Gasteiger partial charge in [-0.3, -0.25) is 9.69 Å². The van der Waals surface area contributed by atoms with E-state index < -0.39 is 23.3 Å². The first-order chi connectivity index (χ1) is 19.4. The van der Waals surface area contributed by atoms with E-state index in [2.05, 4.69) is 26.2 Å². The van der Waals surface area contributed by atoms with Gasteiger partial charge in [-0.05, 0) is 66.4 Å². The molecule has 0 aliphatic rings. The van der Waals surface area contributed by atoms with Gasteiger partial charge < -0.3 is 19.7 Å². The summed E-state index contributed by atoms with van der Waals surface area (Å²) in [7, 11) is 1.73. The zero-order valence-corrected chi connectivity index (χ0v) is 25.2. The Balaban J connectivity index is 1.73. The van der Waals surface area contributed by atoms with Crippen LogP contribution < -0.4 is 15.8 Å². The van der Waals surface area contributed by atoms with Crippen molar-refractivity contribution in [2.45, 2.75) is 52.2 Å². The zero-order chi connectivity index (χ0) is 29.9. The first-order valence-corrected chi connectivity index (χ1v) is 13.9. The minimum absolute atomic E-state index is 0.108. The van der Waals surface area contributed by atoms with Crippen molar-refractivity contribution in [1.82, 2.24) is 9.88 Å². The molecule has 0 aliphatic heterocycles. The van der Waals surface area contributed by atoms with Gasteiger partial charge in [0.2, 0.25) is 5.91 Å². The Morgan fingerprint density at radius 1 is 1.05 bits per heavy atom. The normalized spacial score (nSPS) is 12.1. The number of nitrogens with one attached hydrogen (secondary N) is 1. The van der Waals surface area contributed by atoms with Crippen LogP contribution in [0.25, 0.3) is 10.9 Å². The number of carbonyl (C=O) groups excluding carboxylic acids is 1. The van der Waals surface area contributed by atoms with Gasteiger partial charge in [0, 0.05) is 30.0 Å². The van der Waals surface area contributed by atoms with E-state index in [9.17, 15) is 19.5 Å². The smallest absolute Gasteiger partial charge is 0.412 e. The number of hydrogen-bond acceptors (Lipinski definition) is 6. The lowest BCUT2D eigenvalue weighted by Crippen LogP contribution is -2.45. The molecule has 4 rings (SSSR count). The molecule has 0 saturated carbocycles. The van der Waals surface area contributed by atoms with Gasteiger partial charge in [0.25, 0.3) is 6.01 Å². The number of likely N-dealkylation sites (N-methyl/N-ethyl adjacent to an activating group) is 1. The van der Waals surface area contributed by atoms with Gasteiger partial charge in [-0.15, -0.1) is 0 Å². The summed E-state index contributed by atoms with van der Waals surface area (Å²) in [4.78, 5) is 46.5. The van der Waals surface area contributed by atoms with Crippen LogP contribution in [0, 0.1) is 6.92 Å². The first kappa shape index (κ1) is 29.8. The van der Waals surface area contributed by atoms with Gasteiger partial charge in [0.1, 0.15) is 6.04 Å². The standard InChI is InChI=1S/C31H33BrN4O5/c1-19-24(36(30(39)40)31(2,3)4)17-22(32)26-25(19)28(38)41-29(34-26)33-23(16-20-12-8-6-9-13-20)27(37)35(5)18-21-14-10-7-11-15-21/h6-15,17,23H,16,18H2,1-5H3,(H,33,34)(H,39,40)/t23-/m0/s1. The van der Waals surface area contributed by atoms with Crippen LogP contribution in [0.3, 0.4) is 0 Å². The van der Waals surface area contributed by atoms with Crippen molar-refractivity contribution >= 4 is 50.5 Å². The van der Waals surface area contributed by atoms with Crippen molar-refractivity contribution in [3.05, 3.63) is 98.3 Å². The molecule has 41 heavy (non-hydrogen) atoms. The highest BCUT2D eigenvalue weighted by Crippen LogP contribution is 2.35. The van der Waals surface area contributed by atoms with Gasteiger partial charge in [-0.2, -0.15) is 4.98 Å². The van der Waals surface area contributed by atoms with E-state index in [0.717, 1.165) is 11.1 Å². The molecule has 2 amide bonds. The van der Waals surface area contributed by atoms with Gasteiger partial charge in [-0.25, -0.2) is 9.59 Å². The molecule has 0 radical (unpaired) electrons. The summed E-state index contributed by atoms with van der Waals surface area (Å²) >= 11 is 3.48. The molecular weight excluding hydrogens is 588 g/mol. The fourth-order valence-electron chi connectivity index (χ4n) is 4.79. The molecule has 1 heterocycles. The van der Waals surface area contributed by atoms with Gasteiger partial charge >= 0.3 is 11.7 Å². The Hall–Kier alpha value is -4.18. The molecule has 0 saturated heterocycles. The highest BCUT2D eigenvalue weighted by atomic mass is 79.9. The van der Waals surface area contributed by atoms with Crippen molar-refractivity contribution in [2.75, 3.05) is 17.3 Å². The van der Waals surface area contributed by atoms with E-state index in [4.69, 9.17) is 4.42 Å². The molecule has 2 N–H and O–H groups in total. The second-order valence-corrected chi connectivity index (χ2v) is 11.7. The van der Waals surface area contributed by atoms with E-state index in [1.807, 2.05) is 60.7 Å². The summed E-state index contributed by atoms with van der Waals surface area (Å²) < 4.78 is 6.01. The van der Waals surface area contributed by atoms with Gasteiger partial charge in [-0.1, -0.05) is 60.7 Å². The molecule has 9 nitrogen and oxygen atoms in total. The number of aryl methyl sites for hydroxylation is 1. The van der Waals surface area contributed by atoms with E-state index in [-0.39, 0.29) is 17.3 Å². The predicted octanol–water partition coefficient (Wildman–Crippen LogP) is 6.22. The minimum Gasteiger partial charge on any atom is -0.465 e. The lowest BCUT2D eigenvalue weighted by atomic mass is 10.0. The Labute approximate surface area is 246 Å². The highest BCUT2D eigenvalue weighted by molar-refractivity contribution is 9.10. The maximum absolute atomic E-state index is 13.6. The molecular formula is C31H33BrN4O5. The van der Waals surface area contributed by atoms with Gasteiger partial charge in [0.15, 0.2) is 0 Å². The molecule has 10 heteroatoms. The summed E-state index contributed by atoms with van der Waals surface area (Å²) in [5.41, 5.74) is 1.51. The first-order valence-electron chi connectivity index (χ1n) is 13.1. The summed E-state index contributed by atoms with van der Waals surface area (Å²) in [6.45, 7) is 7.38. The number of hydrogen-bond donors (Lipinski definition) is 2. The number of benzene rings is 3. The number of amides is 2. The summed E-state index contributed by atoms with van der Waals surface area (Å²) in [5, 5.41) is 13.1. The lowest BCUT2D eigenvalue weighted by Gasteiger charge is -2.34. The van der Waals surface area contributed by atoms with Crippen LogP contribution >= 0.6 is 15.9 Å². The number of halogens is 1. The third-order valence-corrected chi connectivity index (χ3v) is 7.32. The summed E-state index contributed by atoms with van der Waals surface area (Å²) in [5.74, 6) is -0.199. The van der Waals surface area contributed by atoms with E-state index in [1.165, 1.54) is 4.90 Å². The molecule has 0 aliphatic carbocycles. The van der Waals surface area contributed by atoms with Crippen LogP contribution in [-0.4, -0.2) is 45.6 Å². The summed E-state index contributed by atoms with van der Waals surface area (Å²) in [6, 6.07) is 20.0. The molecule has 4 aromatic rings. The van der Waals surface area contributed by atoms with Crippen molar-refractivity contribution < 1.29 is 19.1 Å². The van der Waals surface area contributed by atoms with Crippen LogP contribution in [0.1, 0.15) is 37.5 Å². The number of fused-ring (bicyclic) bond motifs is 1. The zero-order valence-electron chi connectivity index (χ0n) is 23.6. The lowest BCUT2D eigenvalue weighted by molar-refractivity contribution is -0.131. The Kier molecular flexibility index (Phi) is 8.82. The van der Waals surface area contributed by atoms with Crippen LogP contribution in [0.2, 0.25) is 0 Å². The SMILES string of the molecule is Cc1c(N(C(=O)O)C(C)(C)C)cc(Br)c2nc(N[C@@H](Cc3ccccc3)C(=O)N(C)Cc3ccccc3)oc(=O)c12. The molecule has 0 fully saturated rings. The fourth-order valence-corrected chi connectivity index (χ4v) is 5.29. The van der Waals surface area contributed by atoms with Gasteiger partial charge in [0.05, 0.1) is 16.6 Å². The number of aromatic nitrogens is 1. The fraction of sp³-hybridized carbons (Fsp3) is 0.290. The minimum atomic E-state index is -1.15. The maximum atomic E-state index is 13.6. The number of anilines is 2. The number of rotatable bonds is 8. The summed E-state index contributed by atoms with van der Waals surface area (Å²) in [6.07, 6.45) is -0.815. The van der Waals surface area contributed by atoms with Crippen LogP contribution in [0.4, 0.5) is 16.5 Å². The van der Waals surface area contributed by atoms with E-state index in [0.29, 0.717) is 34.2 Å². The van der Waals surface area contributed by atoms with E-state index in [1.54, 1.807) is 45.7 Å². The predicted molar refractivity (Wildman–Crippen MR) is 163 cm³/mol. The largest absolute Gasteiger partial charge is 0.465 e. The Bertz CT molecular complexity index is 1620. The second-order valence-electron chi connectivity index (χ2n) is 10.9. The maximum Gasteiger partial charge on any atom is 0.412 e. The van der Waals surface area contributed by atoms with E-state index >= 15 is 0 Å². The van der Waals surface area contributed by atoms with Crippen molar-refractivity contribution in [1.29, 1.82) is 0 Å². The number of carboxylic acid groups (broad SMARTS) is 1. The van der Waals surface area contributed by atoms with Crippen LogP contribution in [-0.2, 0) is 17.8 Å². The molecule has 0 spiro atoms.